The summed E-state index contributed by atoms with van der Waals surface area (Å²) in [5.41, 5.74) is 0. The molecule has 0 saturated carbocycles. The zero-order valence-corrected chi connectivity index (χ0v) is 11.1. The molecule has 2 unspecified atom stereocenters. The van der Waals surface area contributed by atoms with E-state index in [9.17, 15) is 4.79 Å². The molecule has 0 fully saturated rings. The topological polar surface area (TPSA) is 41.1 Å². The Labute approximate surface area is 97.8 Å². The minimum absolute atomic E-state index is 0.157. The molecule has 0 aliphatic heterocycles. The number of thioether (sulfide) groups is 1. The third-order valence-electron chi connectivity index (χ3n) is 2.27. The molecule has 0 aliphatic rings. The van der Waals surface area contributed by atoms with Gasteiger partial charge in [0.15, 0.2) is 0 Å². The molecule has 90 valence electrons. The van der Waals surface area contributed by atoms with Gasteiger partial charge in [-0.05, 0) is 26.1 Å². The van der Waals surface area contributed by atoms with Crippen LogP contribution >= 0.6 is 11.8 Å². The van der Waals surface area contributed by atoms with Crippen molar-refractivity contribution >= 4 is 17.7 Å². The summed E-state index contributed by atoms with van der Waals surface area (Å²) in [5, 5.41) is 6.29. The van der Waals surface area contributed by atoms with Gasteiger partial charge in [0.1, 0.15) is 0 Å². The van der Waals surface area contributed by atoms with E-state index in [4.69, 9.17) is 0 Å². The first-order valence-corrected chi connectivity index (χ1v) is 7.05. The molecule has 0 heterocycles. The first-order chi connectivity index (χ1) is 7.13. The Morgan fingerprint density at radius 2 is 2.07 bits per heavy atom. The molecule has 2 N–H and O–H groups in total. The number of amides is 1. The van der Waals surface area contributed by atoms with Gasteiger partial charge in [-0.15, -0.1) is 0 Å². The van der Waals surface area contributed by atoms with E-state index in [1.807, 2.05) is 6.92 Å². The number of carbonyl (C=O) groups excluding carboxylic acids is 1. The van der Waals surface area contributed by atoms with Crippen molar-refractivity contribution in [2.45, 2.75) is 45.7 Å². The van der Waals surface area contributed by atoms with E-state index in [1.165, 1.54) is 0 Å². The number of hydrogen-bond donors (Lipinski definition) is 2. The minimum Gasteiger partial charge on any atom is -0.353 e. The van der Waals surface area contributed by atoms with Gasteiger partial charge in [-0.1, -0.05) is 13.8 Å². The van der Waals surface area contributed by atoms with Crippen molar-refractivity contribution in [2.24, 2.45) is 0 Å². The highest BCUT2D eigenvalue weighted by Gasteiger charge is 2.12. The highest BCUT2D eigenvalue weighted by Crippen LogP contribution is 2.02. The summed E-state index contributed by atoms with van der Waals surface area (Å²) >= 11 is 1.78. The van der Waals surface area contributed by atoms with Crippen LogP contribution in [0.3, 0.4) is 0 Å². The van der Waals surface area contributed by atoms with E-state index in [-0.39, 0.29) is 11.9 Å². The Bertz CT molecular complexity index is 176. The van der Waals surface area contributed by atoms with Crippen LogP contribution in [-0.4, -0.2) is 36.5 Å². The molecule has 0 aromatic rings. The Morgan fingerprint density at radius 3 is 2.53 bits per heavy atom. The van der Waals surface area contributed by atoms with Gasteiger partial charge >= 0.3 is 0 Å². The molecule has 2 atom stereocenters. The van der Waals surface area contributed by atoms with Crippen LogP contribution in [0.25, 0.3) is 0 Å². The summed E-state index contributed by atoms with van der Waals surface area (Å²) in [6.07, 6.45) is 3.64. The monoisotopic (exact) mass is 232 g/mol. The van der Waals surface area contributed by atoms with Crippen LogP contribution in [-0.2, 0) is 4.79 Å². The average Bonchev–Trinajstić information content (AvgIpc) is 2.17. The molecule has 0 bridgehead atoms. The standard InChI is InChI=1S/C11H24N2OS/c1-5-10(8-15-4)13-11(14)7-9(3)12-6-2/h9-10,12H,5-8H2,1-4H3,(H,13,14). The first kappa shape index (κ1) is 14.8. The van der Waals surface area contributed by atoms with E-state index < -0.39 is 0 Å². The molecule has 3 nitrogen and oxygen atoms in total. The van der Waals surface area contributed by atoms with Gasteiger partial charge in [0, 0.05) is 24.3 Å². The van der Waals surface area contributed by atoms with Crippen LogP contribution in [0, 0.1) is 0 Å². The fourth-order valence-corrected chi connectivity index (χ4v) is 2.17. The maximum absolute atomic E-state index is 11.6. The van der Waals surface area contributed by atoms with Crippen LogP contribution in [0.5, 0.6) is 0 Å². The quantitative estimate of drug-likeness (QED) is 0.668. The Hall–Kier alpha value is -0.220. The Kier molecular flexibility index (Phi) is 8.91. The third-order valence-corrected chi connectivity index (χ3v) is 3.01. The van der Waals surface area contributed by atoms with Crippen molar-refractivity contribution in [1.29, 1.82) is 0 Å². The number of hydrogen-bond acceptors (Lipinski definition) is 3. The maximum Gasteiger partial charge on any atom is 0.221 e. The van der Waals surface area contributed by atoms with Gasteiger partial charge < -0.3 is 10.6 Å². The molecule has 0 saturated heterocycles. The van der Waals surface area contributed by atoms with Crippen molar-refractivity contribution in [3.8, 4) is 0 Å². The van der Waals surface area contributed by atoms with Crippen molar-refractivity contribution in [3.05, 3.63) is 0 Å². The number of carbonyl (C=O) groups is 1. The zero-order chi connectivity index (χ0) is 11.7. The molecule has 0 aromatic carbocycles. The smallest absolute Gasteiger partial charge is 0.221 e. The van der Waals surface area contributed by atoms with Gasteiger partial charge in [0.2, 0.25) is 5.91 Å². The lowest BCUT2D eigenvalue weighted by atomic mass is 10.2. The SMILES string of the molecule is CCNC(C)CC(=O)NC(CC)CSC. The fourth-order valence-electron chi connectivity index (χ4n) is 1.45. The van der Waals surface area contributed by atoms with Crippen LogP contribution in [0.1, 0.15) is 33.6 Å². The van der Waals surface area contributed by atoms with Crippen molar-refractivity contribution < 1.29 is 4.79 Å². The fraction of sp³-hybridized carbons (Fsp3) is 0.909. The van der Waals surface area contributed by atoms with Gasteiger partial charge in [0.25, 0.3) is 0 Å². The second-order valence-electron chi connectivity index (χ2n) is 3.79. The van der Waals surface area contributed by atoms with Gasteiger partial charge in [-0.2, -0.15) is 11.8 Å². The van der Waals surface area contributed by atoms with Crippen LogP contribution in [0.2, 0.25) is 0 Å². The second kappa shape index (κ2) is 9.04. The van der Waals surface area contributed by atoms with E-state index in [2.05, 4.69) is 30.7 Å². The molecule has 4 heteroatoms. The summed E-state index contributed by atoms with van der Waals surface area (Å²) in [6.45, 7) is 7.11. The molecule has 0 aliphatic carbocycles. The number of rotatable bonds is 8. The number of nitrogens with one attached hydrogen (secondary N) is 2. The van der Waals surface area contributed by atoms with E-state index >= 15 is 0 Å². The lowest BCUT2D eigenvalue weighted by molar-refractivity contribution is -0.122. The minimum atomic E-state index is 0.157. The summed E-state index contributed by atoms with van der Waals surface area (Å²) in [4.78, 5) is 11.6. The van der Waals surface area contributed by atoms with Crippen molar-refractivity contribution in [2.75, 3.05) is 18.6 Å². The lowest BCUT2D eigenvalue weighted by Crippen LogP contribution is -2.39. The van der Waals surface area contributed by atoms with Gasteiger partial charge in [-0.3, -0.25) is 4.79 Å². The van der Waals surface area contributed by atoms with E-state index in [0.717, 1.165) is 18.7 Å². The maximum atomic E-state index is 11.6. The van der Waals surface area contributed by atoms with E-state index in [1.54, 1.807) is 11.8 Å². The average molecular weight is 232 g/mol. The molecular formula is C11H24N2OS. The predicted octanol–water partition coefficient (Wildman–Crippen LogP) is 1.63. The molecular weight excluding hydrogens is 208 g/mol. The molecule has 1 amide bonds. The molecule has 0 radical (unpaired) electrons. The molecule has 0 aromatic heterocycles. The van der Waals surface area contributed by atoms with Crippen LogP contribution < -0.4 is 10.6 Å². The van der Waals surface area contributed by atoms with Crippen molar-refractivity contribution in [3.63, 3.8) is 0 Å². The summed E-state index contributed by atoms with van der Waals surface area (Å²) < 4.78 is 0. The molecule has 15 heavy (non-hydrogen) atoms. The normalized spacial score (nSPS) is 14.7. The summed E-state index contributed by atoms with van der Waals surface area (Å²) in [6, 6.07) is 0.586. The highest BCUT2D eigenvalue weighted by molar-refractivity contribution is 7.98. The zero-order valence-electron chi connectivity index (χ0n) is 10.3. The lowest BCUT2D eigenvalue weighted by Gasteiger charge is -2.18. The van der Waals surface area contributed by atoms with Crippen molar-refractivity contribution in [1.82, 2.24) is 10.6 Å². The van der Waals surface area contributed by atoms with Crippen LogP contribution in [0.4, 0.5) is 0 Å². The Balaban J connectivity index is 3.79. The second-order valence-corrected chi connectivity index (χ2v) is 4.70. The Morgan fingerprint density at radius 1 is 1.40 bits per heavy atom. The first-order valence-electron chi connectivity index (χ1n) is 5.65. The van der Waals surface area contributed by atoms with Gasteiger partial charge in [0.05, 0.1) is 0 Å². The van der Waals surface area contributed by atoms with E-state index in [0.29, 0.717) is 12.5 Å². The largest absolute Gasteiger partial charge is 0.353 e. The summed E-state index contributed by atoms with van der Waals surface area (Å²) in [7, 11) is 0. The predicted molar refractivity (Wildman–Crippen MR) is 68.4 cm³/mol. The van der Waals surface area contributed by atoms with Gasteiger partial charge in [-0.25, -0.2) is 0 Å². The van der Waals surface area contributed by atoms with Crippen LogP contribution in [0.15, 0.2) is 0 Å². The summed E-state index contributed by atoms with van der Waals surface area (Å²) in [5.74, 6) is 1.15. The highest BCUT2D eigenvalue weighted by atomic mass is 32.2. The molecule has 0 rings (SSSR count). The molecule has 0 spiro atoms. The third kappa shape index (κ3) is 7.68.